The van der Waals surface area contributed by atoms with Crippen molar-refractivity contribution >= 4 is 15.9 Å². The summed E-state index contributed by atoms with van der Waals surface area (Å²) in [7, 11) is 0. The van der Waals surface area contributed by atoms with Crippen molar-refractivity contribution in [2.45, 2.75) is 43.9 Å². The summed E-state index contributed by atoms with van der Waals surface area (Å²) < 4.78 is 0. The van der Waals surface area contributed by atoms with Crippen LogP contribution in [0.25, 0.3) is 0 Å². The SMILES string of the molecule is C=CCC(Br)C#CCCCCC. The monoisotopic (exact) mass is 228 g/mol. The number of halogens is 1. The lowest BCUT2D eigenvalue weighted by atomic mass is 10.2. The van der Waals surface area contributed by atoms with Crippen molar-refractivity contribution in [2.24, 2.45) is 0 Å². The van der Waals surface area contributed by atoms with Gasteiger partial charge in [0.05, 0.1) is 4.83 Å². The van der Waals surface area contributed by atoms with Crippen molar-refractivity contribution in [3.8, 4) is 11.8 Å². The average molecular weight is 229 g/mol. The van der Waals surface area contributed by atoms with Crippen LogP contribution in [0.5, 0.6) is 0 Å². The van der Waals surface area contributed by atoms with Crippen molar-refractivity contribution in [3.05, 3.63) is 12.7 Å². The van der Waals surface area contributed by atoms with Crippen LogP contribution in [0.15, 0.2) is 12.7 Å². The summed E-state index contributed by atoms with van der Waals surface area (Å²) in [5.74, 6) is 6.30. The molecule has 0 aromatic heterocycles. The fourth-order valence-corrected chi connectivity index (χ4v) is 1.28. The van der Waals surface area contributed by atoms with E-state index in [0.717, 1.165) is 12.8 Å². The van der Waals surface area contributed by atoms with Gasteiger partial charge in [0, 0.05) is 6.42 Å². The fourth-order valence-electron chi connectivity index (χ4n) is 0.852. The molecule has 1 unspecified atom stereocenters. The van der Waals surface area contributed by atoms with Crippen LogP contribution >= 0.6 is 15.9 Å². The Morgan fingerprint density at radius 2 is 2.25 bits per heavy atom. The minimum Gasteiger partial charge on any atom is -0.103 e. The van der Waals surface area contributed by atoms with Crippen molar-refractivity contribution in [1.29, 1.82) is 0 Å². The molecule has 0 nitrogen and oxygen atoms in total. The molecule has 0 saturated carbocycles. The molecule has 1 atom stereocenters. The van der Waals surface area contributed by atoms with Gasteiger partial charge in [0.25, 0.3) is 0 Å². The zero-order chi connectivity index (χ0) is 9.23. The van der Waals surface area contributed by atoms with Crippen LogP contribution in [0, 0.1) is 11.8 Å². The Balaban J connectivity index is 3.37. The second kappa shape index (κ2) is 8.87. The Labute approximate surface area is 84.6 Å². The molecule has 0 aliphatic carbocycles. The van der Waals surface area contributed by atoms with E-state index in [2.05, 4.69) is 41.3 Å². The Bertz CT molecular complexity index is 162. The maximum atomic E-state index is 3.66. The number of hydrogen-bond donors (Lipinski definition) is 0. The molecule has 0 fully saturated rings. The molecular weight excluding hydrogens is 212 g/mol. The number of unbranched alkanes of at least 4 members (excludes halogenated alkanes) is 3. The Morgan fingerprint density at radius 3 is 2.83 bits per heavy atom. The molecule has 68 valence electrons. The fraction of sp³-hybridized carbons (Fsp3) is 0.636. The molecule has 12 heavy (non-hydrogen) atoms. The Morgan fingerprint density at radius 1 is 1.50 bits per heavy atom. The molecule has 0 aliphatic rings. The predicted molar refractivity (Wildman–Crippen MR) is 59.4 cm³/mol. The molecular formula is C11H17Br. The molecule has 0 rings (SSSR count). The first-order valence-corrected chi connectivity index (χ1v) is 5.46. The van der Waals surface area contributed by atoms with Crippen molar-refractivity contribution < 1.29 is 0 Å². The van der Waals surface area contributed by atoms with E-state index >= 15 is 0 Å². The third-order valence-corrected chi connectivity index (χ3v) is 2.14. The molecule has 0 heterocycles. The molecule has 0 bridgehead atoms. The third-order valence-electron chi connectivity index (χ3n) is 1.54. The number of hydrogen-bond acceptors (Lipinski definition) is 0. The van der Waals surface area contributed by atoms with E-state index in [0.29, 0.717) is 4.83 Å². The molecule has 0 radical (unpaired) electrons. The van der Waals surface area contributed by atoms with Gasteiger partial charge in [-0.05, 0) is 12.8 Å². The van der Waals surface area contributed by atoms with Gasteiger partial charge in [0.2, 0.25) is 0 Å². The van der Waals surface area contributed by atoms with E-state index in [1.54, 1.807) is 0 Å². The highest BCUT2D eigenvalue weighted by atomic mass is 79.9. The van der Waals surface area contributed by atoms with Crippen molar-refractivity contribution in [1.82, 2.24) is 0 Å². The molecule has 0 aliphatic heterocycles. The maximum Gasteiger partial charge on any atom is 0.0788 e. The largest absolute Gasteiger partial charge is 0.103 e. The molecule has 0 N–H and O–H groups in total. The molecule has 1 heteroatoms. The van der Waals surface area contributed by atoms with E-state index in [4.69, 9.17) is 0 Å². The third kappa shape index (κ3) is 7.88. The van der Waals surface area contributed by atoms with E-state index in [1.807, 2.05) is 6.08 Å². The lowest BCUT2D eigenvalue weighted by molar-refractivity contribution is 0.737. The first-order valence-electron chi connectivity index (χ1n) is 4.54. The van der Waals surface area contributed by atoms with Gasteiger partial charge in [-0.3, -0.25) is 0 Å². The van der Waals surface area contributed by atoms with Gasteiger partial charge >= 0.3 is 0 Å². The van der Waals surface area contributed by atoms with E-state index < -0.39 is 0 Å². The standard InChI is InChI=1S/C11H17Br/c1-3-5-6-7-8-10-11(12)9-4-2/h4,11H,2-3,5-7,9H2,1H3. The number of rotatable bonds is 5. The summed E-state index contributed by atoms with van der Waals surface area (Å²) in [4.78, 5) is 0.302. The van der Waals surface area contributed by atoms with E-state index in [9.17, 15) is 0 Å². The average Bonchev–Trinajstić information content (AvgIpc) is 2.05. The Kier molecular flexibility index (Phi) is 8.71. The smallest absolute Gasteiger partial charge is 0.0788 e. The van der Waals surface area contributed by atoms with Gasteiger partial charge < -0.3 is 0 Å². The quantitative estimate of drug-likeness (QED) is 0.290. The number of alkyl halides is 1. The predicted octanol–water partition coefficient (Wildman–Crippen LogP) is 3.91. The zero-order valence-electron chi connectivity index (χ0n) is 7.78. The van der Waals surface area contributed by atoms with Crippen LogP contribution in [0.1, 0.15) is 39.0 Å². The lowest BCUT2D eigenvalue weighted by Crippen LogP contribution is -1.88. The minimum absolute atomic E-state index is 0.302. The van der Waals surface area contributed by atoms with Crippen LogP contribution in [0.2, 0.25) is 0 Å². The van der Waals surface area contributed by atoms with Crippen LogP contribution in [-0.2, 0) is 0 Å². The van der Waals surface area contributed by atoms with Gasteiger partial charge in [0.15, 0.2) is 0 Å². The summed E-state index contributed by atoms with van der Waals surface area (Å²) >= 11 is 3.46. The van der Waals surface area contributed by atoms with Gasteiger partial charge in [-0.25, -0.2) is 0 Å². The summed E-state index contributed by atoms with van der Waals surface area (Å²) in [5.41, 5.74) is 0. The molecule has 0 aromatic rings. The molecule has 0 saturated heterocycles. The van der Waals surface area contributed by atoms with Gasteiger partial charge in [-0.2, -0.15) is 0 Å². The van der Waals surface area contributed by atoms with E-state index in [1.165, 1.54) is 19.3 Å². The lowest BCUT2D eigenvalue weighted by Gasteiger charge is -1.93. The topological polar surface area (TPSA) is 0 Å². The van der Waals surface area contributed by atoms with E-state index in [-0.39, 0.29) is 0 Å². The van der Waals surface area contributed by atoms with Crippen LogP contribution in [-0.4, -0.2) is 4.83 Å². The minimum atomic E-state index is 0.302. The summed E-state index contributed by atoms with van der Waals surface area (Å²) in [6, 6.07) is 0. The van der Waals surface area contributed by atoms with Crippen LogP contribution in [0.3, 0.4) is 0 Å². The molecule has 0 spiro atoms. The summed E-state index contributed by atoms with van der Waals surface area (Å²) in [6.07, 6.45) is 7.65. The van der Waals surface area contributed by atoms with Crippen LogP contribution < -0.4 is 0 Å². The highest BCUT2D eigenvalue weighted by Gasteiger charge is 1.92. The highest BCUT2D eigenvalue weighted by Crippen LogP contribution is 2.04. The Hall–Kier alpha value is -0.220. The second-order valence-corrected chi connectivity index (χ2v) is 3.88. The molecule has 0 aromatic carbocycles. The van der Waals surface area contributed by atoms with Gasteiger partial charge in [-0.1, -0.05) is 47.7 Å². The summed E-state index contributed by atoms with van der Waals surface area (Å²) in [5, 5.41) is 0. The van der Waals surface area contributed by atoms with Crippen LogP contribution in [0.4, 0.5) is 0 Å². The summed E-state index contributed by atoms with van der Waals surface area (Å²) in [6.45, 7) is 5.87. The van der Waals surface area contributed by atoms with Crippen molar-refractivity contribution in [2.75, 3.05) is 0 Å². The van der Waals surface area contributed by atoms with Gasteiger partial charge in [0.1, 0.15) is 0 Å². The second-order valence-electron chi connectivity index (χ2n) is 2.77. The first-order chi connectivity index (χ1) is 5.81. The zero-order valence-corrected chi connectivity index (χ0v) is 9.36. The molecule has 0 amide bonds. The van der Waals surface area contributed by atoms with Gasteiger partial charge in [-0.15, -0.1) is 12.5 Å². The first kappa shape index (κ1) is 11.8. The van der Waals surface area contributed by atoms with Crippen molar-refractivity contribution in [3.63, 3.8) is 0 Å². The normalized spacial score (nSPS) is 11.5. The number of allylic oxidation sites excluding steroid dienone is 1. The maximum absolute atomic E-state index is 3.66. The highest BCUT2D eigenvalue weighted by molar-refractivity contribution is 9.09.